The van der Waals surface area contributed by atoms with Gasteiger partial charge in [0.25, 0.3) is 0 Å². The Bertz CT molecular complexity index is 1000. The van der Waals surface area contributed by atoms with Crippen LogP contribution in [0.15, 0.2) is 30.6 Å². The van der Waals surface area contributed by atoms with Crippen molar-refractivity contribution in [3.8, 4) is 28.1 Å². The largest absolute Gasteiger partial charge is 0.507 e. The zero-order chi connectivity index (χ0) is 20.6. The maximum atomic E-state index is 10.5. The lowest BCUT2D eigenvalue weighted by atomic mass is 10.0. The number of phenolic OH excluding ortho intramolecular Hbond substituents is 1. The zero-order valence-corrected chi connectivity index (χ0v) is 19.9. The molecule has 0 radical (unpaired) electrons. The van der Waals surface area contributed by atoms with Crippen LogP contribution in [0.4, 0.5) is 5.95 Å². The molecule has 3 N–H and O–H groups in total. The van der Waals surface area contributed by atoms with Gasteiger partial charge in [-0.15, -0.1) is 35.0 Å². The minimum atomic E-state index is 0. The highest BCUT2D eigenvalue weighted by molar-refractivity contribution is 6.32. The smallest absolute Gasteiger partial charge is 0.245 e. The topological polar surface area (TPSA) is 103 Å². The Morgan fingerprint density at radius 2 is 1.97 bits per heavy atom. The molecule has 1 aliphatic heterocycles. The van der Waals surface area contributed by atoms with Crippen molar-refractivity contribution in [1.82, 2.24) is 30.7 Å². The molecule has 31 heavy (non-hydrogen) atoms. The summed E-state index contributed by atoms with van der Waals surface area (Å²) in [5.41, 5.74) is 2.64. The van der Waals surface area contributed by atoms with Crippen LogP contribution in [0.3, 0.4) is 0 Å². The molecule has 1 saturated heterocycles. The molecular formula is C20H26Cl3N7O. The molecule has 11 heteroatoms. The second-order valence-electron chi connectivity index (χ2n) is 8.29. The lowest BCUT2D eigenvalue weighted by Crippen LogP contribution is -2.45. The first-order valence-corrected chi connectivity index (χ1v) is 9.93. The third-order valence-electron chi connectivity index (χ3n) is 4.84. The molecule has 0 aliphatic carbocycles. The number of nitrogens with zero attached hydrogens (tertiary/aromatic N) is 5. The number of nitrogens with one attached hydrogen (secondary N) is 2. The Kier molecular flexibility index (Phi) is 8.10. The fraction of sp³-hybridized carbons (Fsp3) is 0.400. The number of aromatic hydroxyl groups is 1. The van der Waals surface area contributed by atoms with Gasteiger partial charge < -0.3 is 15.3 Å². The van der Waals surface area contributed by atoms with E-state index in [1.807, 2.05) is 6.07 Å². The fourth-order valence-corrected chi connectivity index (χ4v) is 3.81. The minimum absolute atomic E-state index is 0. The number of aromatic nitrogens is 5. The summed E-state index contributed by atoms with van der Waals surface area (Å²) < 4.78 is 0. The SMILES string of the molecule is CC(C)(C)NC1CCN(c2ncc(-c3ccc(-c4c[nH]nc4Cl)cc3O)nn2)C1.Cl.Cl. The highest BCUT2D eigenvalue weighted by Gasteiger charge is 2.27. The monoisotopic (exact) mass is 485 g/mol. The molecule has 0 saturated carbocycles. The van der Waals surface area contributed by atoms with E-state index in [1.165, 1.54) is 0 Å². The Labute approximate surface area is 198 Å². The molecule has 1 aromatic carbocycles. The summed E-state index contributed by atoms with van der Waals surface area (Å²) in [4.78, 5) is 6.60. The molecule has 8 nitrogen and oxygen atoms in total. The summed E-state index contributed by atoms with van der Waals surface area (Å²) in [6, 6.07) is 5.66. The number of phenols is 1. The van der Waals surface area contributed by atoms with Crippen LogP contribution in [0.1, 0.15) is 27.2 Å². The molecule has 4 rings (SSSR count). The maximum absolute atomic E-state index is 10.5. The molecule has 2 aromatic heterocycles. The highest BCUT2D eigenvalue weighted by atomic mass is 35.5. The van der Waals surface area contributed by atoms with E-state index in [0.717, 1.165) is 30.6 Å². The van der Waals surface area contributed by atoms with Crippen molar-refractivity contribution in [1.29, 1.82) is 0 Å². The Morgan fingerprint density at radius 1 is 1.19 bits per heavy atom. The van der Waals surface area contributed by atoms with Crippen LogP contribution in [0, 0.1) is 0 Å². The molecule has 3 heterocycles. The predicted molar refractivity (Wildman–Crippen MR) is 128 cm³/mol. The Balaban J connectivity index is 0.00000171. The molecule has 3 aromatic rings. The van der Waals surface area contributed by atoms with Crippen LogP contribution >= 0.6 is 36.4 Å². The van der Waals surface area contributed by atoms with E-state index < -0.39 is 0 Å². The van der Waals surface area contributed by atoms with Crippen LogP contribution < -0.4 is 10.2 Å². The molecule has 0 spiro atoms. The van der Waals surface area contributed by atoms with Crippen LogP contribution in [0.5, 0.6) is 5.75 Å². The van der Waals surface area contributed by atoms with Gasteiger partial charge in [-0.2, -0.15) is 5.10 Å². The van der Waals surface area contributed by atoms with Gasteiger partial charge in [-0.25, -0.2) is 4.98 Å². The first-order valence-electron chi connectivity index (χ1n) is 9.55. The summed E-state index contributed by atoms with van der Waals surface area (Å²) in [5, 5.41) is 29.6. The van der Waals surface area contributed by atoms with Crippen LogP contribution in [-0.2, 0) is 0 Å². The number of halogens is 3. The molecule has 0 amide bonds. The van der Waals surface area contributed by atoms with Gasteiger partial charge in [-0.3, -0.25) is 5.10 Å². The van der Waals surface area contributed by atoms with Crippen molar-refractivity contribution in [3.63, 3.8) is 0 Å². The normalized spacial score (nSPS) is 16.0. The highest BCUT2D eigenvalue weighted by Crippen LogP contribution is 2.34. The van der Waals surface area contributed by atoms with Gasteiger partial charge in [-0.1, -0.05) is 17.7 Å². The lowest BCUT2D eigenvalue weighted by Gasteiger charge is -2.25. The Hall–Kier alpha value is -2.13. The third-order valence-corrected chi connectivity index (χ3v) is 5.12. The maximum Gasteiger partial charge on any atom is 0.245 e. The van der Waals surface area contributed by atoms with E-state index in [0.29, 0.717) is 28.4 Å². The molecule has 1 atom stereocenters. The number of hydrogen-bond acceptors (Lipinski definition) is 7. The fourth-order valence-electron chi connectivity index (χ4n) is 3.60. The second-order valence-corrected chi connectivity index (χ2v) is 8.65. The van der Waals surface area contributed by atoms with E-state index in [2.05, 4.69) is 56.4 Å². The average molecular weight is 487 g/mol. The molecule has 0 bridgehead atoms. The van der Waals surface area contributed by atoms with Crippen LogP contribution in [0.2, 0.25) is 5.15 Å². The van der Waals surface area contributed by atoms with Gasteiger partial charge in [0, 0.05) is 42.0 Å². The molecule has 1 aliphatic rings. The van der Waals surface area contributed by atoms with Crippen LogP contribution in [-0.4, -0.2) is 55.2 Å². The van der Waals surface area contributed by atoms with Gasteiger partial charge in [0.2, 0.25) is 5.95 Å². The first-order chi connectivity index (χ1) is 13.8. The number of rotatable bonds is 4. The first kappa shape index (κ1) is 25.1. The summed E-state index contributed by atoms with van der Waals surface area (Å²) >= 11 is 6.04. The predicted octanol–water partition coefficient (Wildman–Crippen LogP) is 4.10. The summed E-state index contributed by atoms with van der Waals surface area (Å²) in [6.07, 6.45) is 4.37. The Morgan fingerprint density at radius 3 is 2.55 bits per heavy atom. The summed E-state index contributed by atoms with van der Waals surface area (Å²) in [7, 11) is 0. The van der Waals surface area contributed by atoms with E-state index in [4.69, 9.17) is 11.6 Å². The van der Waals surface area contributed by atoms with E-state index >= 15 is 0 Å². The minimum Gasteiger partial charge on any atom is -0.507 e. The number of aromatic amines is 1. The molecule has 1 unspecified atom stereocenters. The molecule has 1 fully saturated rings. The number of H-pyrrole nitrogens is 1. The second kappa shape index (κ2) is 9.99. The lowest BCUT2D eigenvalue weighted by molar-refractivity contribution is 0.373. The van der Waals surface area contributed by atoms with Crippen molar-refractivity contribution < 1.29 is 5.11 Å². The van der Waals surface area contributed by atoms with Gasteiger partial charge >= 0.3 is 0 Å². The van der Waals surface area contributed by atoms with Crippen molar-refractivity contribution in [3.05, 3.63) is 35.7 Å². The van der Waals surface area contributed by atoms with Gasteiger partial charge in [-0.05, 0) is 44.9 Å². The van der Waals surface area contributed by atoms with E-state index in [-0.39, 0.29) is 36.1 Å². The van der Waals surface area contributed by atoms with Crippen molar-refractivity contribution in [2.45, 2.75) is 38.8 Å². The standard InChI is InChI=1S/C20H24ClN7O.2ClH/c1-20(2,3)24-13-6-7-28(11-13)19-22-10-16(25-27-19)14-5-4-12(8-17(14)29)15-9-23-26-18(15)21;;/h4-5,8-10,13,24,29H,6-7,11H2,1-3H3,(H,23,26);2*1H. The summed E-state index contributed by atoms with van der Waals surface area (Å²) in [6.45, 7) is 8.24. The number of hydrogen-bond donors (Lipinski definition) is 3. The third kappa shape index (κ3) is 5.77. The van der Waals surface area contributed by atoms with Crippen LogP contribution in [0.25, 0.3) is 22.4 Å². The van der Waals surface area contributed by atoms with Gasteiger partial charge in [0.05, 0.1) is 6.20 Å². The quantitative estimate of drug-likeness (QED) is 0.510. The number of anilines is 1. The van der Waals surface area contributed by atoms with Gasteiger partial charge in [0.15, 0.2) is 5.15 Å². The van der Waals surface area contributed by atoms with Crippen molar-refractivity contribution in [2.75, 3.05) is 18.0 Å². The summed E-state index contributed by atoms with van der Waals surface area (Å²) in [5.74, 6) is 0.687. The van der Waals surface area contributed by atoms with Crippen molar-refractivity contribution >= 4 is 42.4 Å². The van der Waals surface area contributed by atoms with E-state index in [9.17, 15) is 5.11 Å². The average Bonchev–Trinajstić information content (AvgIpc) is 3.29. The molecular weight excluding hydrogens is 461 g/mol. The van der Waals surface area contributed by atoms with Gasteiger partial charge in [0.1, 0.15) is 11.4 Å². The van der Waals surface area contributed by atoms with E-state index in [1.54, 1.807) is 24.5 Å². The number of benzene rings is 1. The molecule has 168 valence electrons. The van der Waals surface area contributed by atoms with Crippen molar-refractivity contribution in [2.24, 2.45) is 0 Å². The zero-order valence-electron chi connectivity index (χ0n) is 17.5.